The Morgan fingerprint density at radius 3 is 2.78 bits per heavy atom. The second kappa shape index (κ2) is 7.93. The summed E-state index contributed by atoms with van der Waals surface area (Å²) in [6, 6.07) is 16.4. The van der Waals surface area contributed by atoms with Crippen LogP contribution in [0.3, 0.4) is 0 Å². The largest absolute Gasteiger partial charge is 0.396 e. The number of fused-ring (bicyclic) bond motifs is 1. The molecule has 3 nitrogen and oxygen atoms in total. The van der Waals surface area contributed by atoms with Crippen molar-refractivity contribution in [3.8, 4) is 0 Å². The first kappa shape index (κ1) is 16.5. The third-order valence-electron chi connectivity index (χ3n) is 4.39. The van der Waals surface area contributed by atoms with Gasteiger partial charge in [-0.1, -0.05) is 54.1 Å². The van der Waals surface area contributed by atoms with Crippen LogP contribution in [0.1, 0.15) is 35.1 Å². The van der Waals surface area contributed by atoms with Gasteiger partial charge in [0.05, 0.1) is 19.3 Å². The molecule has 1 heterocycles. The zero-order chi connectivity index (χ0) is 16.1. The van der Waals surface area contributed by atoms with Crippen molar-refractivity contribution in [3.63, 3.8) is 0 Å². The molecule has 0 spiro atoms. The Morgan fingerprint density at radius 2 is 2.00 bits per heavy atom. The van der Waals surface area contributed by atoms with Gasteiger partial charge in [-0.2, -0.15) is 0 Å². The van der Waals surface area contributed by atoms with Crippen LogP contribution in [0.25, 0.3) is 0 Å². The molecule has 1 aliphatic rings. The normalized spacial score (nSPS) is 18.4. The summed E-state index contributed by atoms with van der Waals surface area (Å²) in [5.41, 5.74) is 3.54. The lowest BCUT2D eigenvalue weighted by Crippen LogP contribution is -2.33. The van der Waals surface area contributed by atoms with Gasteiger partial charge in [-0.05, 0) is 35.1 Å². The summed E-state index contributed by atoms with van der Waals surface area (Å²) in [6.07, 6.45) is 0.736. The van der Waals surface area contributed by atoms with E-state index in [1.54, 1.807) is 0 Å². The van der Waals surface area contributed by atoms with Gasteiger partial charge in [0.1, 0.15) is 0 Å². The maximum Gasteiger partial charge on any atom is 0.0721 e. The summed E-state index contributed by atoms with van der Waals surface area (Å²) in [7, 11) is 0. The van der Waals surface area contributed by atoms with Crippen molar-refractivity contribution in [2.24, 2.45) is 0 Å². The lowest BCUT2D eigenvalue weighted by atomic mass is 9.94. The average molecular weight is 332 g/mol. The fourth-order valence-corrected chi connectivity index (χ4v) is 3.51. The molecule has 0 saturated carbocycles. The predicted molar refractivity (Wildman–Crippen MR) is 92.7 cm³/mol. The van der Waals surface area contributed by atoms with E-state index < -0.39 is 0 Å². The summed E-state index contributed by atoms with van der Waals surface area (Å²) in [5.74, 6) is 0.272. The lowest BCUT2D eigenvalue weighted by molar-refractivity contribution is 0.0815. The van der Waals surface area contributed by atoms with Crippen molar-refractivity contribution < 1.29 is 9.84 Å². The Bertz CT molecular complexity index is 633. The Morgan fingerprint density at radius 1 is 1.17 bits per heavy atom. The highest BCUT2D eigenvalue weighted by Gasteiger charge is 2.24. The van der Waals surface area contributed by atoms with Crippen LogP contribution in [0, 0.1) is 0 Å². The molecule has 0 saturated heterocycles. The van der Waals surface area contributed by atoms with Crippen molar-refractivity contribution in [1.82, 2.24) is 5.32 Å². The highest BCUT2D eigenvalue weighted by Crippen LogP contribution is 2.31. The summed E-state index contributed by atoms with van der Waals surface area (Å²) in [5, 5.41) is 13.7. The molecule has 0 amide bonds. The number of halogens is 1. The van der Waals surface area contributed by atoms with Gasteiger partial charge in [0.2, 0.25) is 0 Å². The van der Waals surface area contributed by atoms with E-state index in [0.717, 1.165) is 29.1 Å². The molecule has 23 heavy (non-hydrogen) atoms. The van der Waals surface area contributed by atoms with Crippen LogP contribution in [-0.4, -0.2) is 24.9 Å². The molecule has 0 aliphatic carbocycles. The van der Waals surface area contributed by atoms with Crippen LogP contribution < -0.4 is 5.32 Å². The molecule has 0 bridgehead atoms. The van der Waals surface area contributed by atoms with E-state index >= 15 is 0 Å². The molecule has 2 N–H and O–H groups in total. The highest BCUT2D eigenvalue weighted by atomic mass is 35.5. The van der Waals surface area contributed by atoms with E-state index in [1.807, 2.05) is 30.3 Å². The van der Waals surface area contributed by atoms with Gasteiger partial charge >= 0.3 is 0 Å². The quantitative estimate of drug-likeness (QED) is 0.848. The molecule has 0 aromatic heterocycles. The summed E-state index contributed by atoms with van der Waals surface area (Å²) in [4.78, 5) is 0. The molecule has 2 atom stereocenters. The van der Waals surface area contributed by atoms with Gasteiger partial charge in [-0.25, -0.2) is 0 Å². The first-order chi connectivity index (χ1) is 11.3. The minimum atomic E-state index is 0.0948. The number of hydrogen-bond donors (Lipinski definition) is 2. The van der Waals surface area contributed by atoms with E-state index in [2.05, 4.69) is 23.5 Å². The van der Waals surface area contributed by atoms with Gasteiger partial charge in [0.25, 0.3) is 0 Å². The molecular formula is C19H22ClNO2. The summed E-state index contributed by atoms with van der Waals surface area (Å²) in [6.45, 7) is 2.20. The number of rotatable bonds is 6. The number of benzene rings is 2. The number of ether oxygens (including phenoxy) is 1. The average Bonchev–Trinajstić information content (AvgIpc) is 2.59. The van der Waals surface area contributed by atoms with Gasteiger partial charge in [-0.15, -0.1) is 0 Å². The number of aliphatic hydroxyl groups excluding tert-OH is 1. The van der Waals surface area contributed by atoms with E-state index in [9.17, 15) is 5.11 Å². The predicted octanol–water partition coefficient (Wildman–Crippen LogP) is 3.67. The summed E-state index contributed by atoms with van der Waals surface area (Å²) >= 11 is 6.39. The number of nitrogens with one attached hydrogen (secondary N) is 1. The fraction of sp³-hybridized carbons (Fsp3) is 0.368. The highest BCUT2D eigenvalue weighted by molar-refractivity contribution is 6.31. The first-order valence-corrected chi connectivity index (χ1v) is 8.41. The lowest BCUT2D eigenvalue weighted by Gasteiger charge is -2.29. The third-order valence-corrected chi connectivity index (χ3v) is 4.72. The molecule has 2 unspecified atom stereocenters. The Labute approximate surface area is 142 Å². The van der Waals surface area contributed by atoms with Crippen LogP contribution in [0.5, 0.6) is 0 Å². The van der Waals surface area contributed by atoms with Crippen molar-refractivity contribution >= 4 is 11.6 Å². The van der Waals surface area contributed by atoms with Gasteiger partial charge < -0.3 is 15.2 Å². The second-order valence-corrected chi connectivity index (χ2v) is 6.32. The number of aliphatic hydroxyl groups is 1. The SMILES string of the molecule is OCCC(CNC1COCc2cccc(Cl)c21)c1ccccc1. The van der Waals surface area contributed by atoms with Gasteiger partial charge in [0.15, 0.2) is 0 Å². The Hall–Kier alpha value is -1.39. The van der Waals surface area contributed by atoms with Crippen molar-refractivity contribution in [2.45, 2.75) is 25.0 Å². The van der Waals surface area contributed by atoms with Crippen LogP contribution in [-0.2, 0) is 11.3 Å². The zero-order valence-electron chi connectivity index (χ0n) is 13.0. The van der Waals surface area contributed by atoms with Crippen molar-refractivity contribution in [2.75, 3.05) is 19.8 Å². The fourth-order valence-electron chi connectivity index (χ4n) is 3.18. The van der Waals surface area contributed by atoms with E-state index in [4.69, 9.17) is 16.3 Å². The molecular weight excluding hydrogens is 310 g/mol. The van der Waals surface area contributed by atoms with Crippen LogP contribution in [0.15, 0.2) is 48.5 Å². The molecule has 0 fully saturated rings. The monoisotopic (exact) mass is 331 g/mol. The summed E-state index contributed by atoms with van der Waals surface area (Å²) < 4.78 is 5.69. The smallest absolute Gasteiger partial charge is 0.0721 e. The van der Waals surface area contributed by atoms with E-state index in [1.165, 1.54) is 5.56 Å². The molecule has 122 valence electrons. The Kier molecular flexibility index (Phi) is 5.68. The maximum absolute atomic E-state index is 9.36. The third kappa shape index (κ3) is 3.93. The minimum Gasteiger partial charge on any atom is -0.396 e. The standard InChI is InChI=1S/C19H22ClNO2/c20-17-8-4-7-16-12-23-13-18(19(16)17)21-11-15(9-10-22)14-5-2-1-3-6-14/h1-8,15,18,21-22H,9-13H2. The van der Waals surface area contributed by atoms with Crippen LogP contribution >= 0.6 is 11.6 Å². The Balaban J connectivity index is 1.73. The topological polar surface area (TPSA) is 41.5 Å². The zero-order valence-corrected chi connectivity index (χ0v) is 13.8. The molecule has 1 aliphatic heterocycles. The van der Waals surface area contributed by atoms with Crippen LogP contribution in [0.4, 0.5) is 0 Å². The first-order valence-electron chi connectivity index (χ1n) is 8.04. The number of hydrogen-bond acceptors (Lipinski definition) is 3. The molecule has 2 aromatic rings. The van der Waals surface area contributed by atoms with Crippen LogP contribution in [0.2, 0.25) is 5.02 Å². The molecule has 3 rings (SSSR count). The molecule has 2 aromatic carbocycles. The minimum absolute atomic E-state index is 0.0948. The van der Waals surface area contributed by atoms with E-state index in [-0.39, 0.29) is 18.6 Å². The second-order valence-electron chi connectivity index (χ2n) is 5.91. The van der Waals surface area contributed by atoms with Crippen molar-refractivity contribution in [3.05, 3.63) is 70.2 Å². The maximum atomic E-state index is 9.36. The van der Waals surface area contributed by atoms with Gasteiger partial charge in [-0.3, -0.25) is 0 Å². The molecule has 4 heteroatoms. The van der Waals surface area contributed by atoms with Gasteiger partial charge in [0, 0.05) is 18.2 Å². The molecule has 0 radical (unpaired) electrons. The van der Waals surface area contributed by atoms with Crippen molar-refractivity contribution in [1.29, 1.82) is 0 Å². The van der Waals surface area contributed by atoms with E-state index in [0.29, 0.717) is 13.2 Å².